The molecule has 4 rings (SSSR count). The van der Waals surface area contributed by atoms with Crippen molar-refractivity contribution in [2.45, 2.75) is 25.8 Å². The molecule has 3 N–H and O–H groups in total. The Morgan fingerprint density at radius 3 is 2.83 bits per heavy atom. The molecule has 6 nitrogen and oxygen atoms in total. The van der Waals surface area contributed by atoms with E-state index in [-0.39, 0.29) is 11.9 Å². The molecule has 0 unspecified atom stereocenters. The van der Waals surface area contributed by atoms with E-state index in [1.54, 1.807) is 12.4 Å². The molecule has 0 radical (unpaired) electrons. The van der Waals surface area contributed by atoms with Crippen LogP contribution in [0.5, 0.6) is 0 Å². The van der Waals surface area contributed by atoms with Crippen molar-refractivity contribution >= 4 is 22.8 Å². The fourth-order valence-corrected chi connectivity index (χ4v) is 2.66. The molecule has 1 fully saturated rings. The van der Waals surface area contributed by atoms with Crippen LogP contribution in [0, 0.1) is 6.92 Å². The monoisotopic (exact) mass is 319 g/mol. The molecule has 2 aromatic heterocycles. The third-order valence-corrected chi connectivity index (χ3v) is 4.16. The number of carbonyl (C=O) groups excluding carboxylic acids is 1. The summed E-state index contributed by atoms with van der Waals surface area (Å²) in [6.45, 7) is 1.98. The first-order chi connectivity index (χ1) is 11.6. The van der Waals surface area contributed by atoms with E-state index in [1.165, 1.54) is 0 Å². The number of rotatable bonds is 3. The number of nitrogens with two attached hydrogens (primary N) is 1. The fourth-order valence-electron chi connectivity index (χ4n) is 2.66. The van der Waals surface area contributed by atoms with Crippen LogP contribution >= 0.6 is 0 Å². The average Bonchev–Trinajstić information content (AvgIpc) is 3.38. The average molecular weight is 319 g/mol. The van der Waals surface area contributed by atoms with Crippen LogP contribution in [0.1, 0.15) is 28.9 Å². The Kier molecular flexibility index (Phi) is 3.37. The minimum Gasteiger partial charge on any atom is -0.368 e. The Labute approximate surface area is 139 Å². The maximum absolute atomic E-state index is 12.2. The molecule has 120 valence electrons. The number of nitrogens with one attached hydrogen (secondary N) is 1. The number of fused-ring (bicyclic) bond motifs is 1. The minimum absolute atomic E-state index is 0.115. The molecule has 1 aliphatic carbocycles. The minimum atomic E-state index is -0.115. The van der Waals surface area contributed by atoms with Crippen molar-refractivity contribution in [1.82, 2.24) is 20.3 Å². The number of anilines is 1. The van der Waals surface area contributed by atoms with E-state index in [4.69, 9.17) is 5.73 Å². The summed E-state index contributed by atoms with van der Waals surface area (Å²) in [6, 6.07) is 8.03. The van der Waals surface area contributed by atoms with Gasteiger partial charge in [0.05, 0.1) is 5.52 Å². The van der Waals surface area contributed by atoms with Gasteiger partial charge in [-0.1, -0.05) is 6.07 Å². The lowest BCUT2D eigenvalue weighted by atomic mass is 10.00. The first-order valence-corrected chi connectivity index (χ1v) is 7.90. The van der Waals surface area contributed by atoms with Gasteiger partial charge in [0.1, 0.15) is 5.69 Å². The van der Waals surface area contributed by atoms with Crippen molar-refractivity contribution in [1.29, 1.82) is 0 Å². The van der Waals surface area contributed by atoms with Crippen LogP contribution in [0.25, 0.3) is 22.0 Å². The normalized spacial score (nSPS) is 13.9. The Balaban J connectivity index is 1.74. The highest BCUT2D eigenvalue weighted by Crippen LogP contribution is 2.27. The van der Waals surface area contributed by atoms with Crippen LogP contribution < -0.4 is 11.1 Å². The first-order valence-electron chi connectivity index (χ1n) is 7.90. The summed E-state index contributed by atoms with van der Waals surface area (Å²) in [5.74, 6) is 0.144. The van der Waals surface area contributed by atoms with E-state index in [1.807, 2.05) is 31.2 Å². The number of nitrogen functional groups attached to an aromatic ring is 1. The highest BCUT2D eigenvalue weighted by molar-refractivity contribution is 5.94. The van der Waals surface area contributed by atoms with Gasteiger partial charge in [-0.05, 0) is 54.7 Å². The van der Waals surface area contributed by atoms with Crippen LogP contribution in [0.4, 0.5) is 5.95 Å². The molecule has 3 aromatic rings. The predicted molar refractivity (Wildman–Crippen MR) is 92.4 cm³/mol. The molecule has 0 saturated heterocycles. The Hall–Kier alpha value is -3.02. The Bertz CT molecular complexity index is 949. The zero-order valence-electron chi connectivity index (χ0n) is 13.3. The second kappa shape index (κ2) is 5.56. The smallest absolute Gasteiger partial charge is 0.270 e. The summed E-state index contributed by atoms with van der Waals surface area (Å²) in [7, 11) is 0. The maximum Gasteiger partial charge on any atom is 0.270 e. The summed E-state index contributed by atoms with van der Waals surface area (Å²) in [4.78, 5) is 24.7. The third kappa shape index (κ3) is 2.78. The summed E-state index contributed by atoms with van der Waals surface area (Å²) >= 11 is 0. The highest BCUT2D eigenvalue weighted by atomic mass is 16.2. The first kappa shape index (κ1) is 14.6. The van der Waals surface area contributed by atoms with E-state index < -0.39 is 0 Å². The lowest BCUT2D eigenvalue weighted by molar-refractivity contribution is 0.0946. The molecular formula is C18H17N5O. The summed E-state index contributed by atoms with van der Waals surface area (Å²) in [5, 5.41) is 3.87. The van der Waals surface area contributed by atoms with Crippen molar-refractivity contribution < 1.29 is 4.79 Å². The summed E-state index contributed by atoms with van der Waals surface area (Å²) < 4.78 is 0. The number of hydrogen-bond acceptors (Lipinski definition) is 5. The highest BCUT2D eigenvalue weighted by Gasteiger charge is 2.24. The van der Waals surface area contributed by atoms with E-state index in [9.17, 15) is 4.79 Å². The van der Waals surface area contributed by atoms with Crippen molar-refractivity contribution in [3.8, 4) is 11.1 Å². The molecule has 0 spiro atoms. The van der Waals surface area contributed by atoms with Crippen molar-refractivity contribution in [3.63, 3.8) is 0 Å². The number of nitrogens with zero attached hydrogens (tertiary/aromatic N) is 3. The van der Waals surface area contributed by atoms with Gasteiger partial charge < -0.3 is 11.1 Å². The van der Waals surface area contributed by atoms with Crippen LogP contribution in [0.15, 0.2) is 36.7 Å². The van der Waals surface area contributed by atoms with Gasteiger partial charge in [-0.25, -0.2) is 9.97 Å². The second-order valence-corrected chi connectivity index (χ2v) is 6.13. The fraction of sp³-hybridized carbons (Fsp3) is 0.222. The molecule has 2 heterocycles. The second-order valence-electron chi connectivity index (χ2n) is 6.13. The number of benzene rings is 1. The summed E-state index contributed by atoms with van der Waals surface area (Å²) in [6.07, 6.45) is 5.55. The molecule has 1 amide bonds. The topological polar surface area (TPSA) is 93.8 Å². The quantitative estimate of drug-likeness (QED) is 0.773. The van der Waals surface area contributed by atoms with Crippen LogP contribution in [-0.2, 0) is 0 Å². The van der Waals surface area contributed by atoms with Gasteiger partial charge in [0.25, 0.3) is 5.91 Å². The van der Waals surface area contributed by atoms with Gasteiger partial charge in [-0.2, -0.15) is 0 Å². The van der Waals surface area contributed by atoms with E-state index >= 15 is 0 Å². The largest absolute Gasteiger partial charge is 0.368 e. The maximum atomic E-state index is 12.2. The molecule has 1 aromatic carbocycles. The Morgan fingerprint density at radius 2 is 2.04 bits per heavy atom. The molecular weight excluding hydrogens is 302 g/mol. The zero-order valence-corrected chi connectivity index (χ0v) is 13.3. The zero-order chi connectivity index (χ0) is 16.7. The van der Waals surface area contributed by atoms with E-state index in [0.717, 1.165) is 40.4 Å². The Morgan fingerprint density at radius 1 is 1.21 bits per heavy atom. The van der Waals surface area contributed by atoms with Crippen molar-refractivity contribution in [2.75, 3.05) is 5.73 Å². The van der Waals surface area contributed by atoms with Crippen LogP contribution in [-0.4, -0.2) is 26.9 Å². The van der Waals surface area contributed by atoms with Gasteiger partial charge in [-0.3, -0.25) is 9.78 Å². The number of pyridine rings is 1. The van der Waals surface area contributed by atoms with Gasteiger partial charge in [0, 0.05) is 23.8 Å². The number of carbonyl (C=O) groups is 1. The molecule has 0 bridgehead atoms. The van der Waals surface area contributed by atoms with E-state index in [0.29, 0.717) is 11.7 Å². The number of aryl methyl sites for hydroxylation is 1. The van der Waals surface area contributed by atoms with Crippen LogP contribution in [0.2, 0.25) is 0 Å². The number of aromatic nitrogens is 3. The van der Waals surface area contributed by atoms with Gasteiger partial charge >= 0.3 is 0 Å². The molecule has 24 heavy (non-hydrogen) atoms. The number of hydrogen-bond donors (Lipinski definition) is 2. The van der Waals surface area contributed by atoms with Gasteiger partial charge in [-0.15, -0.1) is 0 Å². The predicted octanol–water partition coefficient (Wildman–Crippen LogP) is 2.47. The molecule has 0 aliphatic heterocycles. The molecule has 0 atom stereocenters. The lowest BCUT2D eigenvalue weighted by Gasteiger charge is -2.10. The molecule has 1 saturated carbocycles. The summed E-state index contributed by atoms with van der Waals surface area (Å²) in [5.41, 5.74) is 9.84. The lowest BCUT2D eigenvalue weighted by Crippen LogP contribution is -2.26. The SMILES string of the molecule is Cc1cnc(C(=O)NC2CC2)cc1-c1ccc2nc(N)ncc2c1. The van der Waals surface area contributed by atoms with Gasteiger partial charge in [0.2, 0.25) is 5.95 Å². The van der Waals surface area contributed by atoms with Crippen molar-refractivity contribution in [2.24, 2.45) is 0 Å². The van der Waals surface area contributed by atoms with Gasteiger partial charge in [0.15, 0.2) is 0 Å². The number of amides is 1. The molecule has 6 heteroatoms. The van der Waals surface area contributed by atoms with Crippen molar-refractivity contribution in [3.05, 3.63) is 47.9 Å². The van der Waals surface area contributed by atoms with Crippen LogP contribution in [0.3, 0.4) is 0 Å². The molecule has 1 aliphatic rings. The van der Waals surface area contributed by atoms with E-state index in [2.05, 4.69) is 20.3 Å². The third-order valence-electron chi connectivity index (χ3n) is 4.16. The standard InChI is InChI=1S/C18H17N5O/c1-10-8-20-16(17(24)22-13-3-4-13)7-14(10)11-2-5-15-12(6-11)9-21-18(19)23-15/h2,5-9,13H,3-4H2,1H3,(H,22,24)(H2,19,21,23).